The van der Waals surface area contributed by atoms with Gasteiger partial charge in [-0.2, -0.15) is 0 Å². The third kappa shape index (κ3) is 5.28. The van der Waals surface area contributed by atoms with Crippen molar-refractivity contribution in [3.8, 4) is 5.75 Å². The molecule has 0 aliphatic carbocycles. The largest absolute Gasteiger partial charge is 0.488 e. The molecule has 1 heterocycles. The Bertz CT molecular complexity index is 1400. The van der Waals surface area contributed by atoms with Crippen molar-refractivity contribution in [2.45, 2.75) is 6.61 Å². The number of ether oxygens (including phenoxy) is 1. The first kappa shape index (κ1) is 23.8. The molecule has 10 heteroatoms. The van der Waals surface area contributed by atoms with E-state index in [-0.39, 0.29) is 23.4 Å². The predicted molar refractivity (Wildman–Crippen MR) is 127 cm³/mol. The lowest BCUT2D eigenvalue weighted by Gasteiger charge is -2.26. The minimum Gasteiger partial charge on any atom is -0.488 e. The van der Waals surface area contributed by atoms with Crippen molar-refractivity contribution in [1.82, 2.24) is 5.32 Å². The maximum absolute atomic E-state index is 13.6. The molecule has 176 valence electrons. The topological polar surface area (TPSA) is 113 Å². The number of benzene rings is 3. The van der Waals surface area contributed by atoms with Crippen molar-refractivity contribution in [3.05, 3.63) is 99.3 Å². The summed E-state index contributed by atoms with van der Waals surface area (Å²) in [6.07, 6.45) is 1.31. The first-order valence-corrected chi connectivity index (χ1v) is 10.9. The van der Waals surface area contributed by atoms with Crippen LogP contribution in [0, 0.1) is 5.82 Å². The Kier molecular flexibility index (Phi) is 6.74. The van der Waals surface area contributed by atoms with Gasteiger partial charge in [-0.15, -0.1) is 0 Å². The van der Waals surface area contributed by atoms with Crippen molar-refractivity contribution >= 4 is 51.5 Å². The molecule has 0 atom stereocenters. The average Bonchev–Trinajstić information content (AvgIpc) is 2.81. The molecular formula is C25H16BrFN2O6. The second-order valence-corrected chi connectivity index (χ2v) is 8.28. The molecule has 4 amide bonds. The summed E-state index contributed by atoms with van der Waals surface area (Å²) in [6, 6.07) is 15.1. The average molecular weight is 539 g/mol. The van der Waals surface area contributed by atoms with Gasteiger partial charge in [-0.3, -0.25) is 14.9 Å². The van der Waals surface area contributed by atoms with E-state index in [0.717, 1.165) is 6.07 Å². The van der Waals surface area contributed by atoms with Gasteiger partial charge >= 0.3 is 12.0 Å². The van der Waals surface area contributed by atoms with Crippen molar-refractivity contribution in [2.75, 3.05) is 4.90 Å². The SMILES string of the molecule is O=C1NC(=O)N(c2cccc(F)c2)C(=O)/C1=C/c1ccc(OCc2cccc(C(=O)O)c2)c(Br)c1. The number of aromatic carboxylic acids is 1. The summed E-state index contributed by atoms with van der Waals surface area (Å²) in [5, 5.41) is 11.2. The molecule has 0 bridgehead atoms. The highest BCUT2D eigenvalue weighted by atomic mass is 79.9. The van der Waals surface area contributed by atoms with Crippen LogP contribution >= 0.6 is 15.9 Å². The number of amides is 4. The van der Waals surface area contributed by atoms with Crippen LogP contribution in [0.4, 0.5) is 14.9 Å². The summed E-state index contributed by atoms with van der Waals surface area (Å²) >= 11 is 3.38. The molecule has 2 N–H and O–H groups in total. The van der Waals surface area contributed by atoms with E-state index in [2.05, 4.69) is 21.2 Å². The highest BCUT2D eigenvalue weighted by Crippen LogP contribution is 2.29. The van der Waals surface area contributed by atoms with Crippen LogP contribution in [0.15, 0.2) is 76.8 Å². The Labute approximate surface area is 206 Å². The number of anilines is 1. The van der Waals surface area contributed by atoms with Gasteiger partial charge in [0.2, 0.25) is 0 Å². The van der Waals surface area contributed by atoms with Gasteiger partial charge in [-0.1, -0.05) is 24.3 Å². The Morgan fingerprint density at radius 3 is 2.54 bits per heavy atom. The molecule has 1 saturated heterocycles. The zero-order valence-electron chi connectivity index (χ0n) is 17.8. The smallest absolute Gasteiger partial charge is 0.335 e. The number of nitrogens with zero attached hydrogens (tertiary/aromatic N) is 1. The second kappa shape index (κ2) is 9.90. The van der Waals surface area contributed by atoms with Crippen LogP contribution < -0.4 is 15.0 Å². The predicted octanol–water partition coefficient (Wildman–Crippen LogP) is 4.53. The van der Waals surface area contributed by atoms with Crippen LogP contribution in [0.1, 0.15) is 21.5 Å². The molecule has 35 heavy (non-hydrogen) atoms. The maximum atomic E-state index is 13.6. The molecule has 3 aromatic rings. The van der Waals surface area contributed by atoms with Gasteiger partial charge in [0, 0.05) is 0 Å². The summed E-state index contributed by atoms with van der Waals surface area (Å²) < 4.78 is 19.9. The second-order valence-electron chi connectivity index (χ2n) is 7.42. The number of carboxylic acid groups (broad SMARTS) is 1. The molecule has 0 aromatic heterocycles. The van der Waals surface area contributed by atoms with Gasteiger partial charge in [0.15, 0.2) is 0 Å². The van der Waals surface area contributed by atoms with Gasteiger partial charge in [-0.25, -0.2) is 18.9 Å². The van der Waals surface area contributed by atoms with Gasteiger partial charge in [0.1, 0.15) is 23.7 Å². The first-order valence-electron chi connectivity index (χ1n) is 10.1. The van der Waals surface area contributed by atoms with E-state index in [1.165, 1.54) is 36.4 Å². The summed E-state index contributed by atoms with van der Waals surface area (Å²) in [5.41, 5.74) is 0.953. The van der Waals surface area contributed by atoms with Gasteiger partial charge in [-0.05, 0) is 75.6 Å². The lowest BCUT2D eigenvalue weighted by molar-refractivity contribution is -0.122. The number of nitrogens with one attached hydrogen (secondary N) is 1. The number of barbiturate groups is 1. The molecule has 0 saturated carbocycles. The number of carbonyl (C=O) groups excluding carboxylic acids is 3. The van der Waals surface area contributed by atoms with Crippen LogP contribution in [0.25, 0.3) is 6.08 Å². The normalized spacial score (nSPS) is 14.7. The molecule has 0 spiro atoms. The summed E-state index contributed by atoms with van der Waals surface area (Å²) in [7, 11) is 0. The number of halogens is 2. The molecule has 4 rings (SSSR count). The van der Waals surface area contributed by atoms with E-state index in [1.807, 2.05) is 0 Å². The zero-order valence-corrected chi connectivity index (χ0v) is 19.4. The van der Waals surface area contributed by atoms with E-state index >= 15 is 0 Å². The summed E-state index contributed by atoms with van der Waals surface area (Å²) in [5.74, 6) is -2.99. The Morgan fingerprint density at radius 2 is 1.83 bits per heavy atom. The van der Waals surface area contributed by atoms with Gasteiger partial charge < -0.3 is 9.84 Å². The fourth-order valence-electron chi connectivity index (χ4n) is 3.35. The number of hydrogen-bond donors (Lipinski definition) is 2. The highest BCUT2D eigenvalue weighted by molar-refractivity contribution is 9.10. The Morgan fingerprint density at radius 1 is 1.06 bits per heavy atom. The number of rotatable bonds is 6. The third-order valence-corrected chi connectivity index (χ3v) is 5.62. The summed E-state index contributed by atoms with van der Waals surface area (Å²) in [4.78, 5) is 49.3. The standard InChI is InChI=1S/C25H16BrFN2O6/c26-20-11-14(7-8-21(20)35-13-15-3-1-4-16(9-15)24(32)33)10-19-22(30)28-25(34)29(23(19)31)18-6-2-5-17(27)12-18/h1-12H,13H2,(H,32,33)(H,28,30,34)/b19-10+. The van der Waals surface area contributed by atoms with Crippen LogP contribution in [-0.4, -0.2) is 28.9 Å². The Hall–Kier alpha value is -4.31. The Balaban J connectivity index is 1.55. The van der Waals surface area contributed by atoms with Crippen LogP contribution in [-0.2, 0) is 16.2 Å². The van der Waals surface area contributed by atoms with Crippen molar-refractivity contribution in [2.24, 2.45) is 0 Å². The highest BCUT2D eigenvalue weighted by Gasteiger charge is 2.36. The number of carboxylic acids is 1. The van der Waals surface area contributed by atoms with E-state index in [9.17, 15) is 23.6 Å². The minimum atomic E-state index is -1.04. The number of imide groups is 2. The molecule has 0 radical (unpaired) electrons. The van der Waals surface area contributed by atoms with E-state index in [0.29, 0.717) is 26.2 Å². The fraction of sp³-hybridized carbons (Fsp3) is 0.0400. The molecule has 0 unspecified atom stereocenters. The fourth-order valence-corrected chi connectivity index (χ4v) is 3.86. The van der Waals surface area contributed by atoms with Crippen molar-refractivity contribution < 1.29 is 33.4 Å². The number of carbonyl (C=O) groups is 4. The molecule has 1 aliphatic heterocycles. The quantitative estimate of drug-likeness (QED) is 0.352. The monoisotopic (exact) mass is 538 g/mol. The van der Waals surface area contributed by atoms with Crippen molar-refractivity contribution in [1.29, 1.82) is 0 Å². The van der Waals surface area contributed by atoms with E-state index in [4.69, 9.17) is 9.84 Å². The first-order chi connectivity index (χ1) is 16.7. The van der Waals surface area contributed by atoms with Crippen LogP contribution in [0.3, 0.4) is 0 Å². The lowest BCUT2D eigenvalue weighted by Crippen LogP contribution is -2.54. The number of urea groups is 1. The molecule has 8 nitrogen and oxygen atoms in total. The van der Waals surface area contributed by atoms with Crippen LogP contribution in [0.2, 0.25) is 0 Å². The molecular weight excluding hydrogens is 523 g/mol. The zero-order chi connectivity index (χ0) is 25.1. The molecule has 1 aliphatic rings. The number of hydrogen-bond acceptors (Lipinski definition) is 5. The van der Waals surface area contributed by atoms with E-state index in [1.54, 1.807) is 30.3 Å². The van der Waals surface area contributed by atoms with Crippen molar-refractivity contribution in [3.63, 3.8) is 0 Å². The molecule has 1 fully saturated rings. The van der Waals surface area contributed by atoms with Gasteiger partial charge in [0.25, 0.3) is 11.8 Å². The maximum Gasteiger partial charge on any atom is 0.335 e. The minimum absolute atomic E-state index is 0.0113. The summed E-state index contributed by atoms with van der Waals surface area (Å²) in [6.45, 7) is 0.117. The molecule has 3 aromatic carbocycles. The van der Waals surface area contributed by atoms with Gasteiger partial charge in [0.05, 0.1) is 15.7 Å². The third-order valence-electron chi connectivity index (χ3n) is 5.00. The van der Waals surface area contributed by atoms with E-state index < -0.39 is 29.6 Å². The lowest BCUT2D eigenvalue weighted by atomic mass is 10.1. The van der Waals surface area contributed by atoms with Crippen LogP contribution in [0.5, 0.6) is 5.75 Å².